The van der Waals surface area contributed by atoms with Crippen LogP contribution in [0.2, 0.25) is 0 Å². The van der Waals surface area contributed by atoms with Gasteiger partial charge in [-0.1, -0.05) is 0 Å². The van der Waals surface area contributed by atoms with E-state index in [1.807, 2.05) is 6.07 Å². The predicted molar refractivity (Wildman–Crippen MR) is 110 cm³/mol. The molecular formula is C20H19FN8O2. The Morgan fingerprint density at radius 3 is 2.74 bits per heavy atom. The van der Waals surface area contributed by atoms with Crippen LogP contribution in [0.3, 0.4) is 0 Å². The number of tetrazole rings is 1. The maximum Gasteiger partial charge on any atom is 0.251 e. The molecule has 0 saturated heterocycles. The van der Waals surface area contributed by atoms with Gasteiger partial charge in [-0.25, -0.2) is 14.4 Å². The Bertz CT molecular complexity index is 1230. The van der Waals surface area contributed by atoms with Crippen molar-refractivity contribution in [3.8, 4) is 5.75 Å². The van der Waals surface area contributed by atoms with E-state index in [0.717, 1.165) is 11.3 Å². The number of hydrogen-bond donors (Lipinski definition) is 2. The number of methoxy groups -OCH3 is 1. The molecule has 31 heavy (non-hydrogen) atoms. The lowest BCUT2D eigenvalue weighted by atomic mass is 10.0. The first-order valence-electron chi connectivity index (χ1n) is 9.41. The molecule has 0 atom stereocenters. The van der Waals surface area contributed by atoms with E-state index in [-0.39, 0.29) is 11.7 Å². The van der Waals surface area contributed by atoms with Crippen LogP contribution >= 0.6 is 0 Å². The van der Waals surface area contributed by atoms with Crippen LogP contribution in [0.4, 0.5) is 16.0 Å². The molecule has 2 N–H and O–H groups in total. The summed E-state index contributed by atoms with van der Waals surface area (Å²) in [7, 11) is 2.89. The van der Waals surface area contributed by atoms with E-state index in [4.69, 9.17) is 4.74 Å². The van der Waals surface area contributed by atoms with Gasteiger partial charge in [0.15, 0.2) is 17.2 Å². The van der Waals surface area contributed by atoms with E-state index < -0.39 is 5.82 Å². The van der Waals surface area contributed by atoms with Crippen LogP contribution < -0.4 is 15.4 Å². The van der Waals surface area contributed by atoms with Crippen molar-refractivity contribution in [1.29, 1.82) is 0 Å². The fourth-order valence-electron chi connectivity index (χ4n) is 3.03. The van der Waals surface area contributed by atoms with Gasteiger partial charge >= 0.3 is 0 Å². The van der Waals surface area contributed by atoms with Gasteiger partial charge in [-0.15, -0.1) is 5.10 Å². The summed E-state index contributed by atoms with van der Waals surface area (Å²) >= 11 is 0. The number of carbonyl (C=O) groups is 1. The summed E-state index contributed by atoms with van der Waals surface area (Å²) < 4.78 is 21.2. The third kappa shape index (κ3) is 4.39. The lowest BCUT2D eigenvalue weighted by Gasteiger charge is -2.11. The molecule has 0 spiro atoms. The van der Waals surface area contributed by atoms with Crippen LogP contribution in [-0.4, -0.2) is 50.1 Å². The van der Waals surface area contributed by atoms with Crippen LogP contribution in [-0.2, 0) is 12.8 Å². The fraction of sp³-hybridized carbons (Fsp3) is 0.200. The molecule has 1 amide bonds. The number of amides is 1. The number of aromatic nitrogens is 6. The van der Waals surface area contributed by atoms with Crippen molar-refractivity contribution in [1.82, 2.24) is 35.3 Å². The number of aryl methyl sites for hydroxylation is 2. The molecule has 10 nitrogen and oxygen atoms in total. The average molecular weight is 422 g/mol. The molecule has 0 aliphatic rings. The molecule has 0 bridgehead atoms. The molecule has 0 unspecified atom stereocenters. The van der Waals surface area contributed by atoms with E-state index in [1.165, 1.54) is 30.8 Å². The molecule has 3 aromatic heterocycles. The highest BCUT2D eigenvalue weighted by atomic mass is 19.1. The third-order valence-electron chi connectivity index (χ3n) is 4.66. The molecule has 11 heteroatoms. The average Bonchev–Trinajstić information content (AvgIpc) is 3.26. The van der Waals surface area contributed by atoms with Gasteiger partial charge in [0.1, 0.15) is 0 Å². The van der Waals surface area contributed by atoms with Gasteiger partial charge in [0.25, 0.3) is 5.91 Å². The number of nitrogens with one attached hydrogen (secondary N) is 2. The number of hydrogen-bond acceptors (Lipinski definition) is 8. The van der Waals surface area contributed by atoms with Crippen LogP contribution in [0.1, 0.15) is 21.5 Å². The van der Waals surface area contributed by atoms with Crippen LogP contribution in [0, 0.1) is 5.82 Å². The Labute approximate surface area is 176 Å². The Morgan fingerprint density at radius 1 is 1.19 bits per heavy atom. The molecule has 0 aliphatic carbocycles. The molecule has 1 aromatic carbocycles. The van der Waals surface area contributed by atoms with Gasteiger partial charge in [-0.3, -0.25) is 4.79 Å². The molecule has 158 valence electrons. The number of rotatable bonds is 7. The standard InChI is InChI=1S/C20H19FN8O2/c1-22-19(30)14-7-13(18(21)16(8-14)31-2)4-3-12-9-23-20(24-10-12)25-15-5-6-17-26-27-28-29(17)11-15/h5-11H,3-4H2,1-2H3,(H,22,30)(H,23,24,25). The van der Waals surface area contributed by atoms with Crippen molar-refractivity contribution in [2.24, 2.45) is 0 Å². The summed E-state index contributed by atoms with van der Waals surface area (Å²) in [6.07, 6.45) is 5.92. The maximum atomic E-state index is 14.6. The van der Waals surface area contributed by atoms with Gasteiger partial charge in [0.2, 0.25) is 5.95 Å². The minimum absolute atomic E-state index is 0.0337. The fourth-order valence-corrected chi connectivity index (χ4v) is 3.03. The molecule has 0 fully saturated rings. The molecule has 0 radical (unpaired) electrons. The zero-order valence-electron chi connectivity index (χ0n) is 16.8. The first-order valence-corrected chi connectivity index (χ1v) is 9.41. The number of ether oxygens (including phenoxy) is 1. The number of anilines is 2. The van der Waals surface area contributed by atoms with Crippen molar-refractivity contribution >= 4 is 23.2 Å². The Kier molecular flexibility index (Phi) is 5.65. The van der Waals surface area contributed by atoms with Crippen LogP contribution in [0.25, 0.3) is 5.65 Å². The highest BCUT2D eigenvalue weighted by Gasteiger charge is 2.15. The van der Waals surface area contributed by atoms with Gasteiger partial charge in [0, 0.05) is 25.0 Å². The molecule has 0 saturated carbocycles. The highest BCUT2D eigenvalue weighted by molar-refractivity contribution is 5.94. The minimum atomic E-state index is -0.479. The second kappa shape index (κ2) is 8.69. The van der Waals surface area contributed by atoms with Crippen molar-refractivity contribution in [3.63, 3.8) is 0 Å². The number of halogens is 1. The monoisotopic (exact) mass is 422 g/mol. The van der Waals surface area contributed by atoms with Crippen molar-refractivity contribution in [2.45, 2.75) is 12.8 Å². The van der Waals surface area contributed by atoms with E-state index in [2.05, 4.69) is 36.1 Å². The molecule has 0 aliphatic heterocycles. The maximum absolute atomic E-state index is 14.6. The predicted octanol–water partition coefficient (Wildman–Crippen LogP) is 1.95. The number of carbonyl (C=O) groups excluding carboxylic acids is 1. The highest BCUT2D eigenvalue weighted by Crippen LogP contribution is 2.24. The summed E-state index contributed by atoms with van der Waals surface area (Å²) in [6.45, 7) is 0. The molecule has 4 rings (SSSR count). The minimum Gasteiger partial charge on any atom is -0.494 e. The summed E-state index contributed by atoms with van der Waals surface area (Å²) in [5, 5.41) is 16.9. The normalized spacial score (nSPS) is 10.8. The van der Waals surface area contributed by atoms with Gasteiger partial charge in [-0.2, -0.15) is 4.52 Å². The second-order valence-corrected chi connectivity index (χ2v) is 6.67. The summed E-state index contributed by atoms with van der Waals surface area (Å²) in [6, 6.07) is 6.50. The molecular weight excluding hydrogens is 403 g/mol. The second-order valence-electron chi connectivity index (χ2n) is 6.67. The topological polar surface area (TPSA) is 119 Å². The largest absolute Gasteiger partial charge is 0.494 e. The summed E-state index contributed by atoms with van der Waals surface area (Å²) in [5.74, 6) is -0.345. The molecule has 3 heterocycles. The van der Waals surface area contributed by atoms with E-state index in [0.29, 0.717) is 35.6 Å². The van der Waals surface area contributed by atoms with Crippen LogP contribution in [0.15, 0.2) is 42.9 Å². The zero-order valence-corrected chi connectivity index (χ0v) is 16.8. The summed E-state index contributed by atoms with van der Waals surface area (Å²) in [5.41, 5.74) is 2.91. The zero-order chi connectivity index (χ0) is 21.8. The lowest BCUT2D eigenvalue weighted by molar-refractivity contribution is 0.0962. The van der Waals surface area contributed by atoms with E-state index in [1.54, 1.807) is 24.7 Å². The quantitative estimate of drug-likeness (QED) is 0.464. The van der Waals surface area contributed by atoms with Gasteiger partial charge in [0.05, 0.1) is 19.0 Å². The SMILES string of the molecule is CNC(=O)c1cc(CCc2cnc(Nc3ccc4nnnn4c3)nc2)c(F)c(OC)c1. The Hall–Kier alpha value is -4.15. The Balaban J connectivity index is 1.45. The number of benzene rings is 1. The van der Waals surface area contributed by atoms with E-state index >= 15 is 0 Å². The Morgan fingerprint density at radius 2 is 2.00 bits per heavy atom. The molecule has 4 aromatic rings. The van der Waals surface area contributed by atoms with Crippen molar-refractivity contribution in [2.75, 3.05) is 19.5 Å². The lowest BCUT2D eigenvalue weighted by Crippen LogP contribution is -2.18. The number of nitrogens with zero attached hydrogens (tertiary/aromatic N) is 6. The van der Waals surface area contributed by atoms with E-state index in [9.17, 15) is 9.18 Å². The summed E-state index contributed by atoms with van der Waals surface area (Å²) in [4.78, 5) is 20.5. The smallest absolute Gasteiger partial charge is 0.251 e. The third-order valence-corrected chi connectivity index (χ3v) is 4.66. The number of pyridine rings is 1. The first kappa shape index (κ1) is 20.1. The van der Waals surface area contributed by atoms with Gasteiger partial charge in [-0.05, 0) is 58.7 Å². The van der Waals surface area contributed by atoms with Gasteiger partial charge < -0.3 is 15.4 Å². The van der Waals surface area contributed by atoms with Crippen molar-refractivity contribution < 1.29 is 13.9 Å². The first-order chi connectivity index (χ1) is 15.1. The van der Waals surface area contributed by atoms with Crippen LogP contribution in [0.5, 0.6) is 5.75 Å². The van der Waals surface area contributed by atoms with Crippen molar-refractivity contribution in [3.05, 3.63) is 65.4 Å². The number of fused-ring (bicyclic) bond motifs is 1.